The van der Waals surface area contributed by atoms with Crippen LogP contribution in [0, 0.1) is 11.3 Å². The molecule has 1 saturated carbocycles. The van der Waals surface area contributed by atoms with Crippen LogP contribution < -0.4 is 5.73 Å². The van der Waals surface area contributed by atoms with Crippen LogP contribution in [0.3, 0.4) is 0 Å². The summed E-state index contributed by atoms with van der Waals surface area (Å²) in [6, 6.07) is 10.8. The zero-order chi connectivity index (χ0) is 11.7. The topological polar surface area (TPSA) is 29.3 Å². The van der Waals surface area contributed by atoms with Crippen LogP contribution in [0.4, 0.5) is 0 Å². The quantitative estimate of drug-likeness (QED) is 0.863. The molecule has 1 aromatic rings. The minimum atomic E-state index is 0.599. The minimum absolute atomic E-state index is 0.599. The van der Waals surface area contributed by atoms with Gasteiger partial charge in [-0.1, -0.05) is 30.3 Å². The Morgan fingerprint density at radius 2 is 2.12 bits per heavy atom. The molecule has 1 aliphatic heterocycles. The molecule has 0 bridgehead atoms. The number of benzene rings is 1. The second-order valence-corrected chi connectivity index (χ2v) is 5.80. The van der Waals surface area contributed by atoms with Crippen LogP contribution in [0.2, 0.25) is 0 Å². The van der Waals surface area contributed by atoms with Crippen LogP contribution in [-0.4, -0.2) is 24.5 Å². The Labute approximate surface area is 104 Å². The van der Waals surface area contributed by atoms with Crippen molar-refractivity contribution in [2.24, 2.45) is 17.1 Å². The van der Waals surface area contributed by atoms with Crippen molar-refractivity contribution in [2.45, 2.75) is 25.8 Å². The maximum absolute atomic E-state index is 5.82. The summed E-state index contributed by atoms with van der Waals surface area (Å²) in [5.74, 6) is 0.807. The third kappa shape index (κ3) is 2.24. The van der Waals surface area contributed by atoms with E-state index in [1.165, 1.54) is 37.9 Å². The molecule has 1 spiro atoms. The van der Waals surface area contributed by atoms with E-state index in [0.29, 0.717) is 5.41 Å². The Morgan fingerprint density at radius 1 is 1.29 bits per heavy atom. The van der Waals surface area contributed by atoms with Gasteiger partial charge in [0.25, 0.3) is 0 Å². The molecule has 1 saturated heterocycles. The Hall–Kier alpha value is -0.860. The Balaban J connectivity index is 1.62. The van der Waals surface area contributed by atoms with Crippen molar-refractivity contribution in [3.05, 3.63) is 35.9 Å². The number of hydrogen-bond acceptors (Lipinski definition) is 2. The lowest BCUT2D eigenvalue weighted by molar-refractivity contribution is 0.144. The van der Waals surface area contributed by atoms with E-state index in [1.807, 2.05) is 0 Å². The van der Waals surface area contributed by atoms with Crippen molar-refractivity contribution in [1.29, 1.82) is 0 Å². The van der Waals surface area contributed by atoms with Crippen molar-refractivity contribution >= 4 is 0 Å². The number of nitrogens with zero attached hydrogens (tertiary/aromatic N) is 1. The highest BCUT2D eigenvalue weighted by Crippen LogP contribution is 2.57. The molecule has 2 nitrogen and oxygen atoms in total. The van der Waals surface area contributed by atoms with Crippen LogP contribution >= 0.6 is 0 Å². The van der Waals surface area contributed by atoms with E-state index >= 15 is 0 Å². The summed E-state index contributed by atoms with van der Waals surface area (Å²) >= 11 is 0. The standard InChI is InChI=1S/C15H22N2/c16-10-14-9-15(14)7-4-8-17(12-15)11-13-5-2-1-3-6-13/h1-3,5-6,14H,4,7-12,16H2/t14-,15+/m1/s1. The van der Waals surface area contributed by atoms with Gasteiger partial charge in [-0.05, 0) is 49.2 Å². The first-order chi connectivity index (χ1) is 8.32. The Morgan fingerprint density at radius 3 is 2.82 bits per heavy atom. The first-order valence-corrected chi connectivity index (χ1v) is 6.79. The number of hydrogen-bond donors (Lipinski definition) is 1. The first kappa shape index (κ1) is 11.2. The van der Waals surface area contributed by atoms with Crippen molar-refractivity contribution in [2.75, 3.05) is 19.6 Å². The Bertz CT molecular complexity index is 376. The highest BCUT2D eigenvalue weighted by molar-refractivity contribution is 5.15. The van der Waals surface area contributed by atoms with E-state index in [4.69, 9.17) is 5.73 Å². The molecule has 2 aliphatic rings. The number of likely N-dealkylation sites (tertiary alicyclic amines) is 1. The van der Waals surface area contributed by atoms with Crippen molar-refractivity contribution in [3.63, 3.8) is 0 Å². The van der Waals surface area contributed by atoms with Gasteiger partial charge in [-0.3, -0.25) is 4.90 Å². The minimum Gasteiger partial charge on any atom is -0.330 e. The fourth-order valence-corrected chi connectivity index (χ4v) is 3.50. The predicted octanol–water partition coefficient (Wildman–Crippen LogP) is 2.25. The smallest absolute Gasteiger partial charge is 0.0233 e. The molecule has 0 aromatic heterocycles. The van der Waals surface area contributed by atoms with E-state index in [9.17, 15) is 0 Å². The highest BCUT2D eigenvalue weighted by atomic mass is 15.1. The largest absolute Gasteiger partial charge is 0.330 e. The fourth-order valence-electron chi connectivity index (χ4n) is 3.50. The van der Waals surface area contributed by atoms with E-state index < -0.39 is 0 Å². The molecule has 2 N–H and O–H groups in total. The summed E-state index contributed by atoms with van der Waals surface area (Å²) in [6.07, 6.45) is 4.12. The summed E-state index contributed by atoms with van der Waals surface area (Å²) in [6.45, 7) is 4.52. The molecule has 92 valence electrons. The van der Waals surface area contributed by atoms with Gasteiger partial charge in [0.2, 0.25) is 0 Å². The third-order valence-electron chi connectivity index (χ3n) is 4.58. The normalized spacial score (nSPS) is 32.9. The van der Waals surface area contributed by atoms with Crippen molar-refractivity contribution in [1.82, 2.24) is 4.90 Å². The lowest BCUT2D eigenvalue weighted by Gasteiger charge is -2.33. The van der Waals surface area contributed by atoms with Crippen LogP contribution in [0.15, 0.2) is 30.3 Å². The van der Waals surface area contributed by atoms with Gasteiger partial charge in [-0.25, -0.2) is 0 Å². The maximum atomic E-state index is 5.82. The van der Waals surface area contributed by atoms with Gasteiger partial charge < -0.3 is 5.73 Å². The molecule has 1 heterocycles. The van der Waals surface area contributed by atoms with Crippen LogP contribution in [0.5, 0.6) is 0 Å². The van der Waals surface area contributed by atoms with Gasteiger partial charge in [0.05, 0.1) is 0 Å². The number of piperidine rings is 1. The molecule has 1 aromatic carbocycles. The van der Waals surface area contributed by atoms with Gasteiger partial charge in [0.1, 0.15) is 0 Å². The molecule has 2 atom stereocenters. The molecular formula is C15H22N2. The average Bonchev–Trinajstić information content (AvgIpc) is 3.03. The molecule has 2 heteroatoms. The lowest BCUT2D eigenvalue weighted by atomic mass is 9.92. The second kappa shape index (κ2) is 4.43. The van der Waals surface area contributed by atoms with Gasteiger partial charge >= 0.3 is 0 Å². The summed E-state index contributed by atoms with van der Waals surface area (Å²) in [7, 11) is 0. The third-order valence-corrected chi connectivity index (χ3v) is 4.58. The van der Waals surface area contributed by atoms with E-state index in [1.54, 1.807) is 0 Å². The summed E-state index contributed by atoms with van der Waals surface area (Å²) in [5, 5.41) is 0. The van der Waals surface area contributed by atoms with E-state index in [2.05, 4.69) is 35.2 Å². The molecule has 3 rings (SSSR count). The van der Waals surface area contributed by atoms with Gasteiger partial charge in [0, 0.05) is 13.1 Å². The molecule has 0 radical (unpaired) electrons. The summed E-state index contributed by atoms with van der Waals surface area (Å²) in [5.41, 5.74) is 7.86. The molecule has 1 aliphatic carbocycles. The Kier molecular flexibility index (Phi) is 2.93. The monoisotopic (exact) mass is 230 g/mol. The maximum Gasteiger partial charge on any atom is 0.0233 e. The summed E-state index contributed by atoms with van der Waals surface area (Å²) in [4.78, 5) is 2.62. The molecular weight excluding hydrogens is 208 g/mol. The van der Waals surface area contributed by atoms with Gasteiger partial charge in [-0.15, -0.1) is 0 Å². The SMILES string of the molecule is NC[C@H]1C[C@]12CCCN(Cc1ccccc1)C2. The second-order valence-electron chi connectivity index (χ2n) is 5.80. The van der Waals surface area contributed by atoms with Gasteiger partial charge in [0.15, 0.2) is 0 Å². The van der Waals surface area contributed by atoms with Crippen molar-refractivity contribution < 1.29 is 0 Å². The van der Waals surface area contributed by atoms with E-state index in [0.717, 1.165) is 19.0 Å². The zero-order valence-corrected chi connectivity index (χ0v) is 10.4. The van der Waals surface area contributed by atoms with Gasteiger partial charge in [-0.2, -0.15) is 0 Å². The molecule has 0 amide bonds. The average molecular weight is 230 g/mol. The molecule has 0 unspecified atom stereocenters. The van der Waals surface area contributed by atoms with Crippen LogP contribution in [-0.2, 0) is 6.54 Å². The molecule has 2 fully saturated rings. The zero-order valence-electron chi connectivity index (χ0n) is 10.4. The number of rotatable bonds is 3. The first-order valence-electron chi connectivity index (χ1n) is 6.79. The number of nitrogens with two attached hydrogens (primary N) is 1. The lowest BCUT2D eigenvalue weighted by Crippen LogP contribution is -2.37. The highest BCUT2D eigenvalue weighted by Gasteiger charge is 2.54. The molecule has 17 heavy (non-hydrogen) atoms. The van der Waals surface area contributed by atoms with Crippen LogP contribution in [0.1, 0.15) is 24.8 Å². The predicted molar refractivity (Wildman–Crippen MR) is 70.5 cm³/mol. The van der Waals surface area contributed by atoms with E-state index in [-0.39, 0.29) is 0 Å². The van der Waals surface area contributed by atoms with Crippen molar-refractivity contribution in [3.8, 4) is 0 Å². The summed E-state index contributed by atoms with van der Waals surface area (Å²) < 4.78 is 0. The van der Waals surface area contributed by atoms with Crippen LogP contribution in [0.25, 0.3) is 0 Å². The fraction of sp³-hybridized carbons (Fsp3) is 0.600.